The maximum atomic E-state index is 12.3. The summed E-state index contributed by atoms with van der Waals surface area (Å²) in [4.78, 5) is 12.3. The Morgan fingerprint density at radius 1 is 1.26 bits per heavy atom. The molecule has 0 aliphatic carbocycles. The molecule has 1 atom stereocenters. The lowest BCUT2D eigenvalue weighted by atomic mass is 10.1. The van der Waals surface area contributed by atoms with Crippen LogP contribution in [0.3, 0.4) is 0 Å². The van der Waals surface area contributed by atoms with Gasteiger partial charge in [0.05, 0.1) is 11.6 Å². The molecule has 1 unspecified atom stereocenters. The van der Waals surface area contributed by atoms with Crippen LogP contribution in [0.2, 0.25) is 0 Å². The lowest BCUT2D eigenvalue weighted by Crippen LogP contribution is -2.24. The number of carbonyl (C=O) groups excluding carboxylic acids is 1. The fourth-order valence-electron chi connectivity index (χ4n) is 2.70. The van der Waals surface area contributed by atoms with Crippen molar-refractivity contribution >= 4 is 11.6 Å². The van der Waals surface area contributed by atoms with E-state index in [1.165, 1.54) is 0 Å². The number of ether oxygens (including phenoxy) is 1. The lowest BCUT2D eigenvalue weighted by molar-refractivity contribution is -0.119. The fraction of sp³-hybridized carbons (Fsp3) is 0.316. The number of rotatable bonds is 5. The van der Waals surface area contributed by atoms with Gasteiger partial charge in [-0.05, 0) is 43.1 Å². The summed E-state index contributed by atoms with van der Waals surface area (Å²) in [5, 5.41) is 6.23. The molecular formula is C19H22N2O2. The third kappa shape index (κ3) is 4.11. The highest BCUT2D eigenvalue weighted by atomic mass is 16.5. The summed E-state index contributed by atoms with van der Waals surface area (Å²) in [7, 11) is 0. The molecule has 4 heteroatoms. The van der Waals surface area contributed by atoms with E-state index in [1.54, 1.807) is 0 Å². The van der Waals surface area contributed by atoms with Crippen molar-refractivity contribution in [1.29, 1.82) is 0 Å². The number of hydrogen-bond acceptors (Lipinski definition) is 3. The SMILES string of the molecule is Cc1ccc(NC(=O)C2CCNC2)c(OCc2ccccc2)c1. The van der Waals surface area contributed by atoms with Crippen molar-refractivity contribution in [2.24, 2.45) is 5.92 Å². The second-order valence-corrected chi connectivity index (χ2v) is 5.95. The molecule has 0 spiro atoms. The zero-order valence-electron chi connectivity index (χ0n) is 13.3. The van der Waals surface area contributed by atoms with Crippen molar-refractivity contribution in [2.75, 3.05) is 18.4 Å². The van der Waals surface area contributed by atoms with E-state index in [1.807, 2.05) is 55.5 Å². The lowest BCUT2D eigenvalue weighted by Gasteiger charge is -2.15. The number of carbonyl (C=O) groups is 1. The average molecular weight is 310 g/mol. The minimum atomic E-state index is 0.0401. The molecule has 0 aromatic heterocycles. The second kappa shape index (κ2) is 7.29. The molecule has 1 aliphatic rings. The van der Waals surface area contributed by atoms with Crippen LogP contribution in [0.5, 0.6) is 5.75 Å². The van der Waals surface area contributed by atoms with Crippen molar-refractivity contribution < 1.29 is 9.53 Å². The standard InChI is InChI=1S/C19H22N2O2/c1-14-7-8-17(21-19(22)16-9-10-20-12-16)18(11-14)23-13-15-5-3-2-4-6-15/h2-8,11,16,20H,9-10,12-13H2,1H3,(H,21,22). The van der Waals surface area contributed by atoms with E-state index >= 15 is 0 Å². The van der Waals surface area contributed by atoms with Gasteiger partial charge in [-0.15, -0.1) is 0 Å². The van der Waals surface area contributed by atoms with E-state index in [4.69, 9.17) is 4.74 Å². The molecule has 1 saturated heterocycles. The van der Waals surface area contributed by atoms with Gasteiger partial charge in [0.25, 0.3) is 0 Å². The zero-order valence-corrected chi connectivity index (χ0v) is 13.3. The van der Waals surface area contributed by atoms with E-state index in [2.05, 4.69) is 10.6 Å². The molecule has 120 valence electrons. The van der Waals surface area contributed by atoms with Crippen LogP contribution >= 0.6 is 0 Å². The molecule has 2 N–H and O–H groups in total. The van der Waals surface area contributed by atoms with E-state index in [0.717, 1.165) is 36.3 Å². The van der Waals surface area contributed by atoms with Gasteiger partial charge in [-0.3, -0.25) is 4.79 Å². The normalized spacial score (nSPS) is 17.0. The number of benzene rings is 2. The zero-order chi connectivity index (χ0) is 16.1. The first kappa shape index (κ1) is 15.6. The first-order valence-electron chi connectivity index (χ1n) is 8.01. The van der Waals surface area contributed by atoms with E-state index < -0.39 is 0 Å². The number of hydrogen-bond donors (Lipinski definition) is 2. The van der Waals surface area contributed by atoms with E-state index in [0.29, 0.717) is 12.4 Å². The van der Waals surface area contributed by atoms with Crippen LogP contribution in [0.15, 0.2) is 48.5 Å². The van der Waals surface area contributed by atoms with Crippen molar-refractivity contribution in [3.05, 3.63) is 59.7 Å². The van der Waals surface area contributed by atoms with Crippen LogP contribution in [0, 0.1) is 12.8 Å². The Morgan fingerprint density at radius 3 is 2.83 bits per heavy atom. The number of amides is 1. The Kier molecular flexibility index (Phi) is 4.93. The Hall–Kier alpha value is -2.33. The first-order valence-corrected chi connectivity index (χ1v) is 8.01. The van der Waals surface area contributed by atoms with Gasteiger partial charge in [-0.25, -0.2) is 0 Å². The predicted molar refractivity (Wildman–Crippen MR) is 91.6 cm³/mol. The second-order valence-electron chi connectivity index (χ2n) is 5.95. The first-order chi connectivity index (χ1) is 11.2. The average Bonchev–Trinajstić information content (AvgIpc) is 3.10. The number of nitrogens with one attached hydrogen (secondary N) is 2. The van der Waals surface area contributed by atoms with Gasteiger partial charge in [0, 0.05) is 6.54 Å². The summed E-state index contributed by atoms with van der Waals surface area (Å²) in [6.45, 7) is 4.15. The van der Waals surface area contributed by atoms with Crippen molar-refractivity contribution in [1.82, 2.24) is 5.32 Å². The summed E-state index contributed by atoms with van der Waals surface area (Å²) >= 11 is 0. The van der Waals surface area contributed by atoms with Gasteiger partial charge in [-0.1, -0.05) is 36.4 Å². The highest BCUT2D eigenvalue weighted by molar-refractivity contribution is 5.94. The molecule has 1 fully saturated rings. The molecule has 2 aromatic carbocycles. The Labute approximate surface area is 136 Å². The van der Waals surface area contributed by atoms with Gasteiger partial charge >= 0.3 is 0 Å². The molecule has 2 aromatic rings. The van der Waals surface area contributed by atoms with Crippen molar-refractivity contribution in [3.63, 3.8) is 0 Å². The van der Waals surface area contributed by atoms with Crippen LogP contribution in [-0.2, 0) is 11.4 Å². The summed E-state index contributed by atoms with van der Waals surface area (Å²) in [5.41, 5.74) is 2.95. The minimum absolute atomic E-state index is 0.0401. The van der Waals surface area contributed by atoms with Crippen LogP contribution in [0.1, 0.15) is 17.5 Å². The van der Waals surface area contributed by atoms with Gasteiger partial charge < -0.3 is 15.4 Å². The summed E-state index contributed by atoms with van der Waals surface area (Å²) in [5.74, 6) is 0.815. The maximum Gasteiger partial charge on any atom is 0.228 e. The predicted octanol–water partition coefficient (Wildman–Crippen LogP) is 3.12. The third-order valence-electron chi connectivity index (χ3n) is 4.06. The summed E-state index contributed by atoms with van der Waals surface area (Å²) in [6, 6.07) is 15.9. The van der Waals surface area contributed by atoms with Gasteiger partial charge in [-0.2, -0.15) is 0 Å². The van der Waals surface area contributed by atoms with Crippen LogP contribution < -0.4 is 15.4 Å². The monoisotopic (exact) mass is 310 g/mol. The highest BCUT2D eigenvalue weighted by Crippen LogP contribution is 2.27. The third-order valence-corrected chi connectivity index (χ3v) is 4.06. The number of anilines is 1. The van der Waals surface area contributed by atoms with Crippen LogP contribution in [-0.4, -0.2) is 19.0 Å². The molecule has 4 nitrogen and oxygen atoms in total. The van der Waals surface area contributed by atoms with Gasteiger partial charge in [0.2, 0.25) is 5.91 Å². The van der Waals surface area contributed by atoms with Crippen molar-refractivity contribution in [2.45, 2.75) is 20.0 Å². The number of aryl methyl sites for hydroxylation is 1. The Bertz CT molecular complexity index is 664. The topological polar surface area (TPSA) is 50.4 Å². The fourth-order valence-corrected chi connectivity index (χ4v) is 2.70. The van der Waals surface area contributed by atoms with E-state index in [-0.39, 0.29) is 11.8 Å². The molecule has 1 amide bonds. The molecule has 0 bridgehead atoms. The molecule has 3 rings (SSSR count). The Morgan fingerprint density at radius 2 is 2.09 bits per heavy atom. The largest absolute Gasteiger partial charge is 0.487 e. The minimum Gasteiger partial charge on any atom is -0.487 e. The van der Waals surface area contributed by atoms with Gasteiger partial charge in [0.1, 0.15) is 12.4 Å². The Balaban J connectivity index is 1.71. The molecule has 0 saturated carbocycles. The van der Waals surface area contributed by atoms with Gasteiger partial charge in [0.15, 0.2) is 0 Å². The summed E-state index contributed by atoms with van der Waals surface area (Å²) in [6.07, 6.45) is 0.887. The molecule has 23 heavy (non-hydrogen) atoms. The molecule has 0 radical (unpaired) electrons. The highest BCUT2D eigenvalue weighted by Gasteiger charge is 2.23. The maximum absolute atomic E-state index is 12.3. The molecule has 1 aliphatic heterocycles. The van der Waals surface area contributed by atoms with Crippen LogP contribution in [0.25, 0.3) is 0 Å². The van der Waals surface area contributed by atoms with E-state index in [9.17, 15) is 4.79 Å². The van der Waals surface area contributed by atoms with Crippen LogP contribution in [0.4, 0.5) is 5.69 Å². The van der Waals surface area contributed by atoms with Crippen molar-refractivity contribution in [3.8, 4) is 5.75 Å². The summed E-state index contributed by atoms with van der Waals surface area (Å²) < 4.78 is 5.94. The quantitative estimate of drug-likeness (QED) is 0.892. The molecule has 1 heterocycles. The molecular weight excluding hydrogens is 288 g/mol. The smallest absolute Gasteiger partial charge is 0.228 e.